The molecule has 18 heavy (non-hydrogen) atoms. The number of aliphatic hydroxyl groups excluding tert-OH is 1. The second-order valence-electron chi connectivity index (χ2n) is 4.41. The van der Waals surface area contributed by atoms with E-state index in [-0.39, 0.29) is 17.1 Å². The number of nitrogens with two attached hydrogens (primary N) is 1. The van der Waals surface area contributed by atoms with Gasteiger partial charge in [-0.15, -0.1) is 0 Å². The van der Waals surface area contributed by atoms with Gasteiger partial charge < -0.3 is 10.8 Å². The number of nitrogens with one attached hydrogen (secondary N) is 1. The number of hydrogen-bond donors (Lipinski definition) is 3. The van der Waals surface area contributed by atoms with Crippen LogP contribution in [-0.2, 0) is 10.0 Å². The number of hydrogen-bond acceptors (Lipinski definition) is 5. The first kappa shape index (κ1) is 12.8. The van der Waals surface area contributed by atoms with Gasteiger partial charge >= 0.3 is 0 Å². The SMILES string of the molecule is N#Cc1cc(N)ccc1S(=O)(=O)NC1(CO)CC1. The standard InChI is InChI=1S/C11H13N3O3S/c12-6-8-5-9(13)1-2-10(8)18(16,17)14-11(7-15)3-4-11/h1-2,5,14-15H,3-4,7,13H2. The molecule has 1 aromatic rings. The predicted molar refractivity (Wildman–Crippen MR) is 64.9 cm³/mol. The molecular weight excluding hydrogens is 254 g/mol. The van der Waals surface area contributed by atoms with E-state index in [0.717, 1.165) is 0 Å². The normalized spacial score (nSPS) is 17.1. The van der Waals surface area contributed by atoms with Crippen LogP contribution in [0.3, 0.4) is 0 Å². The van der Waals surface area contributed by atoms with Gasteiger partial charge in [-0.1, -0.05) is 0 Å². The molecule has 0 heterocycles. The van der Waals surface area contributed by atoms with E-state index >= 15 is 0 Å². The molecule has 0 saturated heterocycles. The number of sulfonamides is 1. The van der Waals surface area contributed by atoms with E-state index < -0.39 is 15.6 Å². The van der Waals surface area contributed by atoms with Crippen LogP contribution in [0.4, 0.5) is 5.69 Å². The Bertz CT molecular complexity index is 615. The van der Waals surface area contributed by atoms with E-state index in [1.807, 2.05) is 0 Å². The quantitative estimate of drug-likeness (QED) is 0.661. The Balaban J connectivity index is 2.39. The van der Waals surface area contributed by atoms with Gasteiger partial charge in [0.05, 0.1) is 22.6 Å². The number of aliphatic hydroxyl groups is 1. The number of nitrogens with zero attached hydrogens (tertiary/aromatic N) is 1. The minimum atomic E-state index is -3.82. The van der Waals surface area contributed by atoms with Gasteiger partial charge in [0.1, 0.15) is 6.07 Å². The van der Waals surface area contributed by atoms with E-state index in [4.69, 9.17) is 16.1 Å². The fourth-order valence-corrected chi connectivity index (χ4v) is 3.24. The summed E-state index contributed by atoms with van der Waals surface area (Å²) in [7, 11) is -3.82. The summed E-state index contributed by atoms with van der Waals surface area (Å²) >= 11 is 0. The predicted octanol–water partition coefficient (Wildman–Crippen LogP) is -0.0563. The summed E-state index contributed by atoms with van der Waals surface area (Å²) in [5.74, 6) is 0. The molecule has 96 valence electrons. The Hall–Kier alpha value is -1.62. The molecule has 1 aromatic carbocycles. The summed E-state index contributed by atoms with van der Waals surface area (Å²) < 4.78 is 26.7. The lowest BCUT2D eigenvalue weighted by Crippen LogP contribution is -2.39. The van der Waals surface area contributed by atoms with Crippen molar-refractivity contribution in [3.8, 4) is 6.07 Å². The minimum Gasteiger partial charge on any atom is -0.399 e. The second-order valence-corrected chi connectivity index (χ2v) is 6.06. The Morgan fingerprint density at radius 1 is 1.50 bits per heavy atom. The highest BCUT2D eigenvalue weighted by molar-refractivity contribution is 7.89. The van der Waals surface area contributed by atoms with Crippen LogP contribution in [0, 0.1) is 11.3 Å². The summed E-state index contributed by atoms with van der Waals surface area (Å²) in [6, 6.07) is 5.84. The largest absolute Gasteiger partial charge is 0.399 e. The molecule has 0 amide bonds. The molecule has 0 aromatic heterocycles. The Morgan fingerprint density at radius 3 is 2.67 bits per heavy atom. The molecule has 6 nitrogen and oxygen atoms in total. The highest BCUT2D eigenvalue weighted by Crippen LogP contribution is 2.36. The molecule has 1 aliphatic carbocycles. The van der Waals surface area contributed by atoms with Gasteiger partial charge in [0, 0.05) is 5.69 Å². The molecule has 0 spiro atoms. The highest BCUT2D eigenvalue weighted by atomic mass is 32.2. The van der Waals surface area contributed by atoms with Crippen LogP contribution in [0.25, 0.3) is 0 Å². The van der Waals surface area contributed by atoms with E-state index in [1.54, 1.807) is 6.07 Å². The average molecular weight is 267 g/mol. The van der Waals surface area contributed by atoms with E-state index in [1.165, 1.54) is 18.2 Å². The summed E-state index contributed by atoms with van der Waals surface area (Å²) in [4.78, 5) is -0.112. The van der Waals surface area contributed by atoms with Gasteiger partial charge in [0.25, 0.3) is 0 Å². The van der Waals surface area contributed by atoms with Gasteiger partial charge in [0.15, 0.2) is 0 Å². The summed E-state index contributed by atoms with van der Waals surface area (Å²) in [5.41, 5.74) is 5.07. The van der Waals surface area contributed by atoms with Gasteiger partial charge in [-0.25, -0.2) is 13.1 Å². The lowest BCUT2D eigenvalue weighted by molar-refractivity contribution is 0.246. The average Bonchev–Trinajstić information content (AvgIpc) is 3.08. The zero-order valence-electron chi connectivity index (χ0n) is 9.55. The van der Waals surface area contributed by atoms with Crippen LogP contribution >= 0.6 is 0 Å². The van der Waals surface area contributed by atoms with Crippen LogP contribution in [-0.4, -0.2) is 25.7 Å². The molecule has 4 N–H and O–H groups in total. The first-order chi connectivity index (χ1) is 8.42. The van der Waals surface area contributed by atoms with Crippen molar-refractivity contribution in [2.24, 2.45) is 0 Å². The van der Waals surface area contributed by atoms with Gasteiger partial charge in [0.2, 0.25) is 10.0 Å². The van der Waals surface area contributed by atoms with Crippen molar-refractivity contribution in [2.45, 2.75) is 23.3 Å². The topological polar surface area (TPSA) is 116 Å². The van der Waals surface area contributed by atoms with Crippen LogP contribution in [0.1, 0.15) is 18.4 Å². The zero-order valence-corrected chi connectivity index (χ0v) is 10.4. The lowest BCUT2D eigenvalue weighted by atomic mass is 10.2. The third-order valence-electron chi connectivity index (χ3n) is 2.92. The number of nitrogen functional groups attached to an aromatic ring is 1. The van der Waals surface area contributed by atoms with Crippen LogP contribution in [0.2, 0.25) is 0 Å². The maximum absolute atomic E-state index is 12.1. The molecular formula is C11H13N3O3S. The number of anilines is 1. The first-order valence-electron chi connectivity index (χ1n) is 5.37. The molecule has 0 atom stereocenters. The summed E-state index contributed by atoms with van der Waals surface area (Å²) in [6.45, 7) is -0.247. The molecule has 0 bridgehead atoms. The Labute approximate surface area is 105 Å². The maximum atomic E-state index is 12.1. The zero-order chi connectivity index (χ0) is 13.4. The van der Waals surface area contributed by atoms with Crippen molar-refractivity contribution in [1.29, 1.82) is 5.26 Å². The second kappa shape index (κ2) is 4.24. The number of benzene rings is 1. The fraction of sp³-hybridized carbons (Fsp3) is 0.364. The molecule has 1 fully saturated rings. The monoisotopic (exact) mass is 267 g/mol. The van der Waals surface area contributed by atoms with E-state index in [0.29, 0.717) is 18.5 Å². The molecule has 1 saturated carbocycles. The smallest absolute Gasteiger partial charge is 0.242 e. The third-order valence-corrected chi connectivity index (χ3v) is 4.56. The van der Waals surface area contributed by atoms with Gasteiger partial charge in [-0.3, -0.25) is 0 Å². The van der Waals surface area contributed by atoms with Crippen LogP contribution in [0.15, 0.2) is 23.1 Å². The number of rotatable bonds is 4. The van der Waals surface area contributed by atoms with Crippen molar-refractivity contribution >= 4 is 15.7 Å². The molecule has 7 heteroatoms. The molecule has 0 unspecified atom stereocenters. The number of nitriles is 1. The van der Waals surface area contributed by atoms with Crippen molar-refractivity contribution < 1.29 is 13.5 Å². The molecule has 1 aliphatic rings. The highest BCUT2D eigenvalue weighted by Gasteiger charge is 2.45. The lowest BCUT2D eigenvalue weighted by Gasteiger charge is -2.15. The van der Waals surface area contributed by atoms with Crippen molar-refractivity contribution in [1.82, 2.24) is 4.72 Å². The summed E-state index contributed by atoms with van der Waals surface area (Å²) in [6.07, 6.45) is 1.19. The van der Waals surface area contributed by atoms with Crippen molar-refractivity contribution in [2.75, 3.05) is 12.3 Å². The first-order valence-corrected chi connectivity index (χ1v) is 6.85. The van der Waals surface area contributed by atoms with E-state index in [2.05, 4.69) is 4.72 Å². The molecule has 0 radical (unpaired) electrons. The third kappa shape index (κ3) is 2.31. The summed E-state index contributed by atoms with van der Waals surface area (Å²) in [5, 5.41) is 18.1. The Kier molecular flexibility index (Phi) is 3.02. The molecule has 2 rings (SSSR count). The van der Waals surface area contributed by atoms with E-state index in [9.17, 15) is 8.42 Å². The van der Waals surface area contributed by atoms with Gasteiger partial charge in [-0.2, -0.15) is 5.26 Å². The minimum absolute atomic E-state index is 0.00348. The van der Waals surface area contributed by atoms with Crippen molar-refractivity contribution in [3.63, 3.8) is 0 Å². The van der Waals surface area contributed by atoms with Crippen LogP contribution < -0.4 is 10.5 Å². The maximum Gasteiger partial charge on any atom is 0.242 e. The van der Waals surface area contributed by atoms with Crippen LogP contribution in [0.5, 0.6) is 0 Å². The van der Waals surface area contributed by atoms with Crippen molar-refractivity contribution in [3.05, 3.63) is 23.8 Å². The Morgan fingerprint density at radius 2 is 2.17 bits per heavy atom. The van der Waals surface area contributed by atoms with Gasteiger partial charge in [-0.05, 0) is 31.0 Å². The molecule has 0 aliphatic heterocycles. The fourth-order valence-electron chi connectivity index (χ4n) is 1.65.